The van der Waals surface area contributed by atoms with Crippen molar-refractivity contribution in [3.05, 3.63) is 88.0 Å². The van der Waals surface area contributed by atoms with Crippen molar-refractivity contribution in [2.75, 3.05) is 34.4 Å². The van der Waals surface area contributed by atoms with Crippen molar-refractivity contribution in [3.63, 3.8) is 0 Å². The van der Waals surface area contributed by atoms with E-state index >= 15 is 0 Å². The molecule has 8 nitrogen and oxygen atoms in total. The van der Waals surface area contributed by atoms with E-state index in [-0.39, 0.29) is 23.1 Å². The van der Waals surface area contributed by atoms with Crippen LogP contribution >= 0.6 is 0 Å². The number of nitrogens with zero attached hydrogens (tertiary/aromatic N) is 3. The fourth-order valence-electron chi connectivity index (χ4n) is 5.09. The number of amides is 2. The van der Waals surface area contributed by atoms with Gasteiger partial charge in [0.1, 0.15) is 17.2 Å². The number of benzene rings is 3. The zero-order valence-corrected chi connectivity index (χ0v) is 22.1. The number of methoxy groups -OCH3 is 1. The monoisotopic (exact) mass is 515 g/mol. The molecule has 3 aromatic carbocycles. The summed E-state index contributed by atoms with van der Waals surface area (Å²) in [5, 5.41) is 10.5. The first-order valence-corrected chi connectivity index (χ1v) is 12.8. The molecule has 2 heterocycles. The zero-order valence-electron chi connectivity index (χ0n) is 22.1. The van der Waals surface area contributed by atoms with Crippen molar-refractivity contribution in [3.8, 4) is 17.2 Å². The highest BCUT2D eigenvalue weighted by atomic mass is 16.5. The van der Waals surface area contributed by atoms with E-state index in [0.29, 0.717) is 38.3 Å². The molecular weight excluding hydrogens is 482 g/mol. The molecule has 8 heteroatoms. The maximum absolute atomic E-state index is 13.4. The molecule has 0 fully saturated rings. The van der Waals surface area contributed by atoms with Gasteiger partial charge in [-0.15, -0.1) is 0 Å². The maximum Gasteiger partial charge on any atom is 0.258 e. The summed E-state index contributed by atoms with van der Waals surface area (Å²) in [6, 6.07) is 16.2. The van der Waals surface area contributed by atoms with Gasteiger partial charge in [-0.2, -0.15) is 0 Å². The Morgan fingerprint density at radius 3 is 2.45 bits per heavy atom. The van der Waals surface area contributed by atoms with Gasteiger partial charge in [-0.25, -0.2) is 0 Å². The van der Waals surface area contributed by atoms with E-state index in [1.165, 1.54) is 12.1 Å². The van der Waals surface area contributed by atoms with Crippen LogP contribution < -0.4 is 9.47 Å². The highest BCUT2D eigenvalue weighted by molar-refractivity contribution is 6.01. The first-order valence-electron chi connectivity index (χ1n) is 12.8. The molecule has 0 saturated carbocycles. The summed E-state index contributed by atoms with van der Waals surface area (Å²) in [5.74, 6) is 0.899. The first-order chi connectivity index (χ1) is 18.3. The summed E-state index contributed by atoms with van der Waals surface area (Å²) in [4.78, 5) is 32.3. The van der Waals surface area contributed by atoms with Crippen LogP contribution in [0.5, 0.6) is 17.2 Å². The summed E-state index contributed by atoms with van der Waals surface area (Å²) in [7, 11) is 5.69. The van der Waals surface area contributed by atoms with Crippen LogP contribution in [-0.4, -0.2) is 66.0 Å². The van der Waals surface area contributed by atoms with Crippen LogP contribution in [0, 0.1) is 0 Å². The highest BCUT2D eigenvalue weighted by Gasteiger charge is 2.30. The molecule has 0 aliphatic carbocycles. The lowest BCUT2D eigenvalue weighted by Crippen LogP contribution is -2.27. The normalized spacial score (nSPS) is 14.0. The molecule has 0 aromatic heterocycles. The summed E-state index contributed by atoms with van der Waals surface area (Å²) in [6.45, 7) is 3.34. The molecule has 2 aliphatic rings. The second-order valence-corrected chi connectivity index (χ2v) is 10.1. The Bertz CT molecular complexity index is 1370. The second kappa shape index (κ2) is 10.8. The van der Waals surface area contributed by atoms with E-state index < -0.39 is 0 Å². The van der Waals surface area contributed by atoms with Gasteiger partial charge in [0.25, 0.3) is 11.8 Å². The summed E-state index contributed by atoms with van der Waals surface area (Å²) in [5.41, 5.74) is 4.60. The van der Waals surface area contributed by atoms with E-state index in [1.807, 2.05) is 50.5 Å². The Hall–Kier alpha value is -4.04. The third-order valence-corrected chi connectivity index (χ3v) is 7.13. The van der Waals surface area contributed by atoms with E-state index in [9.17, 15) is 14.7 Å². The van der Waals surface area contributed by atoms with E-state index in [0.717, 1.165) is 46.7 Å². The second-order valence-electron chi connectivity index (χ2n) is 10.1. The molecule has 2 amide bonds. The van der Waals surface area contributed by atoms with Crippen LogP contribution in [0.3, 0.4) is 0 Å². The van der Waals surface area contributed by atoms with Crippen LogP contribution in [0.25, 0.3) is 0 Å². The lowest BCUT2D eigenvalue weighted by atomic mass is 10.1. The molecule has 1 N–H and O–H groups in total. The number of carbonyl (C=O) groups excluding carboxylic acids is 2. The summed E-state index contributed by atoms with van der Waals surface area (Å²) in [6.07, 6.45) is 0.931. The molecule has 198 valence electrons. The quantitative estimate of drug-likeness (QED) is 0.456. The highest BCUT2D eigenvalue weighted by Crippen LogP contribution is 2.33. The first kappa shape index (κ1) is 25.6. The topological polar surface area (TPSA) is 82.5 Å². The fourth-order valence-corrected chi connectivity index (χ4v) is 5.09. The van der Waals surface area contributed by atoms with Crippen molar-refractivity contribution in [1.82, 2.24) is 14.7 Å². The number of ether oxygens (including phenoxy) is 2. The minimum Gasteiger partial charge on any atom is -0.507 e. The number of phenolic OH excluding ortho intramolecular Hbond substituents is 1. The molecule has 3 aromatic rings. The number of hydrogen-bond donors (Lipinski definition) is 1. The van der Waals surface area contributed by atoms with Gasteiger partial charge in [0.05, 0.1) is 25.8 Å². The molecule has 0 radical (unpaired) electrons. The van der Waals surface area contributed by atoms with Crippen LogP contribution in [0.2, 0.25) is 0 Å². The third-order valence-electron chi connectivity index (χ3n) is 7.13. The molecule has 5 rings (SSSR count). The number of fused-ring (bicyclic) bond motifs is 2. The SMILES string of the molecule is COc1cccc2c1CN(C(=O)c1ccc(O)c(C(=O)N3Cc4ccc(OCCCN(C)C)cc4C3)c1)C2. The van der Waals surface area contributed by atoms with Gasteiger partial charge in [0.2, 0.25) is 0 Å². The number of aromatic hydroxyl groups is 1. The van der Waals surface area contributed by atoms with Crippen molar-refractivity contribution < 1.29 is 24.2 Å². The van der Waals surface area contributed by atoms with Crippen LogP contribution in [-0.2, 0) is 26.2 Å². The van der Waals surface area contributed by atoms with E-state index in [4.69, 9.17) is 9.47 Å². The Morgan fingerprint density at radius 2 is 1.66 bits per heavy atom. The molecule has 0 saturated heterocycles. The standard InChI is InChI=1S/C30H33N3O5/c1-31(2)12-5-13-38-24-10-8-21-16-32(18-23(21)14-24)30(36)25-15-20(9-11-27(25)34)29(35)33-17-22-6-4-7-28(37-3)26(22)19-33/h4,6-11,14-15,34H,5,12-13,16-19H2,1-3H3. The van der Waals surface area contributed by atoms with Gasteiger partial charge in [-0.1, -0.05) is 18.2 Å². The van der Waals surface area contributed by atoms with Crippen molar-refractivity contribution in [2.24, 2.45) is 0 Å². The summed E-state index contributed by atoms with van der Waals surface area (Å²) >= 11 is 0. The Labute approximate surface area is 223 Å². The smallest absolute Gasteiger partial charge is 0.258 e. The van der Waals surface area contributed by atoms with Gasteiger partial charge in [-0.05, 0) is 73.6 Å². The minimum atomic E-state index is -0.312. The maximum atomic E-state index is 13.4. The van der Waals surface area contributed by atoms with Gasteiger partial charge in [0, 0.05) is 37.3 Å². The molecule has 0 spiro atoms. The Balaban J connectivity index is 1.27. The van der Waals surface area contributed by atoms with Crippen molar-refractivity contribution >= 4 is 11.8 Å². The Kier molecular flexibility index (Phi) is 7.24. The lowest BCUT2D eigenvalue weighted by Gasteiger charge is -2.19. The number of rotatable bonds is 8. The van der Waals surface area contributed by atoms with Gasteiger partial charge in [0.15, 0.2) is 0 Å². The fraction of sp³-hybridized carbons (Fsp3) is 0.333. The average Bonchev–Trinajstić information content (AvgIpc) is 3.54. The number of hydrogen-bond acceptors (Lipinski definition) is 6. The van der Waals surface area contributed by atoms with E-state index in [1.54, 1.807) is 23.0 Å². The van der Waals surface area contributed by atoms with Crippen LogP contribution in [0.15, 0.2) is 54.6 Å². The predicted molar refractivity (Wildman–Crippen MR) is 143 cm³/mol. The molecular formula is C30H33N3O5. The molecule has 0 unspecified atom stereocenters. The molecule has 0 atom stereocenters. The van der Waals surface area contributed by atoms with Crippen molar-refractivity contribution in [1.29, 1.82) is 0 Å². The van der Waals surface area contributed by atoms with E-state index in [2.05, 4.69) is 4.90 Å². The molecule has 2 aliphatic heterocycles. The lowest BCUT2D eigenvalue weighted by molar-refractivity contribution is 0.0747. The summed E-state index contributed by atoms with van der Waals surface area (Å²) < 4.78 is 11.3. The average molecular weight is 516 g/mol. The predicted octanol–water partition coefficient (Wildman–Crippen LogP) is 4.04. The Morgan fingerprint density at radius 1 is 0.895 bits per heavy atom. The molecule has 0 bridgehead atoms. The van der Waals surface area contributed by atoms with Gasteiger partial charge < -0.3 is 29.3 Å². The zero-order chi connectivity index (χ0) is 26.8. The van der Waals surface area contributed by atoms with Crippen LogP contribution in [0.1, 0.15) is 49.4 Å². The largest absolute Gasteiger partial charge is 0.507 e. The van der Waals surface area contributed by atoms with Gasteiger partial charge >= 0.3 is 0 Å². The van der Waals surface area contributed by atoms with Crippen LogP contribution in [0.4, 0.5) is 0 Å². The van der Waals surface area contributed by atoms with Gasteiger partial charge in [-0.3, -0.25) is 9.59 Å². The third kappa shape index (κ3) is 5.17. The number of carbonyl (C=O) groups is 2. The van der Waals surface area contributed by atoms with Crippen molar-refractivity contribution in [2.45, 2.75) is 32.6 Å². The minimum absolute atomic E-state index is 0.123. The molecule has 38 heavy (non-hydrogen) atoms. The number of phenols is 1.